The zero-order valence-electron chi connectivity index (χ0n) is 13.8. The Morgan fingerprint density at radius 3 is 1.74 bits per heavy atom. The van der Waals surface area contributed by atoms with Crippen molar-refractivity contribution < 1.29 is 9.47 Å². The molecule has 0 aromatic carbocycles. The lowest BCUT2D eigenvalue weighted by Crippen LogP contribution is -2.33. The average molecular weight is 274 g/mol. The summed E-state index contributed by atoms with van der Waals surface area (Å²) in [6.07, 6.45) is 1.85. The van der Waals surface area contributed by atoms with Gasteiger partial charge in [-0.15, -0.1) is 0 Å². The smallest absolute Gasteiger partial charge is 0.0718 e. The van der Waals surface area contributed by atoms with Gasteiger partial charge in [-0.05, 0) is 20.5 Å². The maximum atomic E-state index is 5.38. The van der Waals surface area contributed by atoms with Crippen LogP contribution >= 0.6 is 0 Å². The number of nitrogens with zero attached hydrogens (tertiary/aromatic N) is 2. The topological polar surface area (TPSA) is 24.9 Å². The molecule has 2 atom stereocenters. The van der Waals surface area contributed by atoms with E-state index in [-0.39, 0.29) is 0 Å². The van der Waals surface area contributed by atoms with E-state index < -0.39 is 0 Å². The van der Waals surface area contributed by atoms with Crippen LogP contribution in [0.3, 0.4) is 0 Å². The zero-order chi connectivity index (χ0) is 14.7. The molecule has 3 saturated heterocycles. The van der Waals surface area contributed by atoms with Crippen LogP contribution in [0.5, 0.6) is 0 Å². The highest BCUT2D eigenvalue weighted by atomic mass is 16.5. The van der Waals surface area contributed by atoms with Crippen LogP contribution in [0.15, 0.2) is 0 Å². The molecule has 3 heterocycles. The fourth-order valence-corrected chi connectivity index (χ4v) is 2.25. The maximum absolute atomic E-state index is 5.38. The molecule has 3 aliphatic heterocycles. The van der Waals surface area contributed by atoms with E-state index in [9.17, 15) is 0 Å². The number of morpholine rings is 2. The number of hydrogen-bond acceptors (Lipinski definition) is 4. The van der Waals surface area contributed by atoms with Crippen molar-refractivity contribution in [1.29, 1.82) is 0 Å². The molecule has 0 radical (unpaired) electrons. The van der Waals surface area contributed by atoms with Crippen molar-refractivity contribution in [2.75, 3.05) is 53.6 Å². The minimum absolute atomic E-state index is 0.574. The fourth-order valence-electron chi connectivity index (χ4n) is 2.25. The van der Waals surface area contributed by atoms with Crippen LogP contribution < -0.4 is 0 Å². The van der Waals surface area contributed by atoms with Gasteiger partial charge in [0, 0.05) is 25.7 Å². The van der Waals surface area contributed by atoms with Gasteiger partial charge in [-0.2, -0.15) is 0 Å². The van der Waals surface area contributed by atoms with E-state index in [0.29, 0.717) is 6.10 Å². The quantitative estimate of drug-likeness (QED) is 0.675. The molecule has 4 heteroatoms. The Bertz CT molecular complexity index is 195. The molecule has 4 nitrogen and oxygen atoms in total. The van der Waals surface area contributed by atoms with Gasteiger partial charge in [0.15, 0.2) is 0 Å². The van der Waals surface area contributed by atoms with E-state index in [1.54, 1.807) is 0 Å². The van der Waals surface area contributed by atoms with Crippen LogP contribution in [0.4, 0.5) is 0 Å². The van der Waals surface area contributed by atoms with Crippen LogP contribution in [0.1, 0.15) is 34.1 Å². The van der Waals surface area contributed by atoms with Gasteiger partial charge in [0.1, 0.15) is 0 Å². The Labute approximate surface area is 120 Å². The third-order valence-electron chi connectivity index (χ3n) is 3.41. The molecule has 3 fully saturated rings. The highest BCUT2D eigenvalue weighted by Crippen LogP contribution is 2.25. The summed E-state index contributed by atoms with van der Waals surface area (Å²) in [5.41, 5.74) is 0. The lowest BCUT2D eigenvalue weighted by atomic mass is 10.2. The highest BCUT2D eigenvalue weighted by Gasteiger charge is 2.36. The summed E-state index contributed by atoms with van der Waals surface area (Å²) in [5, 5.41) is 0. The van der Waals surface area contributed by atoms with Crippen LogP contribution in [0.25, 0.3) is 0 Å². The van der Waals surface area contributed by atoms with Crippen molar-refractivity contribution in [3.63, 3.8) is 0 Å². The zero-order valence-corrected chi connectivity index (χ0v) is 13.8. The van der Waals surface area contributed by atoms with Crippen molar-refractivity contribution in [2.24, 2.45) is 0 Å². The van der Waals surface area contributed by atoms with E-state index >= 15 is 0 Å². The van der Waals surface area contributed by atoms with E-state index in [2.05, 4.69) is 23.9 Å². The molecular weight excluding hydrogens is 240 g/mol. The van der Waals surface area contributed by atoms with Crippen molar-refractivity contribution in [1.82, 2.24) is 9.80 Å². The molecule has 0 N–H and O–H groups in total. The van der Waals surface area contributed by atoms with Crippen molar-refractivity contribution in [2.45, 2.75) is 46.3 Å². The minimum Gasteiger partial charge on any atom is -0.379 e. The highest BCUT2D eigenvalue weighted by molar-refractivity contribution is 4.89. The van der Waals surface area contributed by atoms with Gasteiger partial charge in [0.05, 0.1) is 25.9 Å². The SMILES string of the molecule is CC.CC.CN1CC2CC1CO2.CN1CCOCC1. The number of likely N-dealkylation sites (tertiary alicyclic amines) is 1. The van der Waals surface area contributed by atoms with Crippen LogP contribution in [-0.4, -0.2) is 75.5 Å². The molecule has 0 saturated carbocycles. The maximum Gasteiger partial charge on any atom is 0.0718 e. The third-order valence-corrected chi connectivity index (χ3v) is 3.41. The van der Waals surface area contributed by atoms with Crippen molar-refractivity contribution >= 4 is 0 Å². The first-order valence-corrected chi connectivity index (χ1v) is 7.84. The Morgan fingerprint density at radius 2 is 1.53 bits per heavy atom. The van der Waals surface area contributed by atoms with Crippen molar-refractivity contribution in [3.8, 4) is 0 Å². The number of ether oxygens (including phenoxy) is 2. The number of likely N-dealkylation sites (N-methyl/N-ethyl adjacent to an activating group) is 2. The first kappa shape index (κ1) is 18.8. The fraction of sp³-hybridized carbons (Fsp3) is 1.00. The Kier molecular flexibility index (Phi) is 11.6. The summed E-state index contributed by atoms with van der Waals surface area (Å²) >= 11 is 0. The lowest BCUT2D eigenvalue weighted by molar-refractivity contribution is 0.0416. The molecule has 0 aromatic rings. The van der Waals surface area contributed by atoms with E-state index in [4.69, 9.17) is 9.47 Å². The monoisotopic (exact) mass is 274 g/mol. The molecule has 3 aliphatic rings. The lowest BCUT2D eigenvalue weighted by Gasteiger charge is -2.21. The summed E-state index contributed by atoms with van der Waals surface area (Å²) in [6.45, 7) is 14.2. The number of rotatable bonds is 0. The molecule has 0 amide bonds. The number of fused-ring (bicyclic) bond motifs is 2. The Hall–Kier alpha value is -0.160. The average Bonchev–Trinajstić information content (AvgIpc) is 3.07. The first-order valence-electron chi connectivity index (χ1n) is 7.84. The van der Waals surface area contributed by atoms with Gasteiger partial charge in [0.2, 0.25) is 0 Å². The first-order chi connectivity index (χ1) is 9.25. The van der Waals surface area contributed by atoms with E-state index in [1.165, 1.54) is 6.42 Å². The summed E-state index contributed by atoms with van der Waals surface area (Å²) in [6, 6.07) is 0.750. The number of hydrogen-bond donors (Lipinski definition) is 0. The summed E-state index contributed by atoms with van der Waals surface area (Å²) < 4.78 is 10.5. The summed E-state index contributed by atoms with van der Waals surface area (Å²) in [5.74, 6) is 0. The summed E-state index contributed by atoms with van der Waals surface area (Å²) in [4.78, 5) is 4.65. The van der Waals surface area contributed by atoms with E-state index in [1.807, 2.05) is 27.7 Å². The second-order valence-corrected chi connectivity index (χ2v) is 4.70. The molecule has 2 unspecified atom stereocenters. The van der Waals surface area contributed by atoms with Gasteiger partial charge < -0.3 is 14.4 Å². The summed E-state index contributed by atoms with van der Waals surface area (Å²) in [7, 11) is 4.29. The van der Waals surface area contributed by atoms with Gasteiger partial charge in [-0.1, -0.05) is 27.7 Å². The Balaban J connectivity index is 0.000000273. The Morgan fingerprint density at radius 1 is 0.947 bits per heavy atom. The molecule has 2 bridgehead atoms. The standard InChI is InChI=1S/C6H11NO.C5H11NO.2C2H6/c1-7-3-6-2-5(7)4-8-6;1-6-2-4-7-5-3-6;2*1-2/h5-6H,2-4H2,1H3;2-5H2,1H3;2*1-2H3. The van der Waals surface area contributed by atoms with Crippen LogP contribution in [0, 0.1) is 0 Å². The van der Waals surface area contributed by atoms with Gasteiger partial charge in [0.25, 0.3) is 0 Å². The van der Waals surface area contributed by atoms with Gasteiger partial charge in [-0.25, -0.2) is 0 Å². The molecule has 19 heavy (non-hydrogen) atoms. The minimum atomic E-state index is 0.574. The molecule has 3 rings (SSSR count). The van der Waals surface area contributed by atoms with E-state index in [0.717, 1.165) is 45.5 Å². The normalized spacial score (nSPS) is 29.4. The largest absolute Gasteiger partial charge is 0.379 e. The molecular formula is C15H34N2O2. The molecule has 116 valence electrons. The van der Waals surface area contributed by atoms with Crippen molar-refractivity contribution in [3.05, 3.63) is 0 Å². The second kappa shape index (κ2) is 11.6. The predicted octanol–water partition coefficient (Wildman–Crippen LogP) is 2.09. The second-order valence-electron chi connectivity index (χ2n) is 4.70. The molecule has 0 aromatic heterocycles. The van der Waals surface area contributed by atoms with Gasteiger partial charge >= 0.3 is 0 Å². The van der Waals surface area contributed by atoms with Crippen LogP contribution in [-0.2, 0) is 9.47 Å². The molecule has 0 spiro atoms. The third kappa shape index (κ3) is 7.25. The molecule has 0 aliphatic carbocycles. The van der Waals surface area contributed by atoms with Gasteiger partial charge in [-0.3, -0.25) is 4.90 Å². The van der Waals surface area contributed by atoms with Crippen LogP contribution in [0.2, 0.25) is 0 Å². The predicted molar refractivity (Wildman–Crippen MR) is 81.8 cm³/mol.